The highest BCUT2D eigenvalue weighted by atomic mass is 35.5. The Bertz CT molecular complexity index is 1270. The Morgan fingerprint density at radius 2 is 1.82 bits per heavy atom. The van der Waals surface area contributed by atoms with E-state index in [-0.39, 0.29) is 34.4 Å². The van der Waals surface area contributed by atoms with Crippen molar-refractivity contribution in [2.45, 2.75) is 32.7 Å². The first-order chi connectivity index (χ1) is 16.2. The van der Waals surface area contributed by atoms with Gasteiger partial charge < -0.3 is 10.2 Å². The van der Waals surface area contributed by atoms with Gasteiger partial charge in [0.1, 0.15) is 11.6 Å². The standard InChI is InChI=1S/C25H25Cl2FN4O2/c1-15(2)25(34)29-17-9-11-31(12-10-17)22-14-23(33)32(21-8-7-16(26)13-20(21)28)24(30-22)18-5-3-4-6-19(18)27/h3-8,13-15,17H,9-12H2,1-2H3,(H,29,34). The van der Waals surface area contributed by atoms with Crippen LogP contribution >= 0.6 is 23.2 Å². The summed E-state index contributed by atoms with van der Waals surface area (Å²) >= 11 is 12.4. The fourth-order valence-electron chi connectivity index (χ4n) is 3.97. The molecule has 1 N–H and O–H groups in total. The second-order valence-electron chi connectivity index (χ2n) is 8.61. The van der Waals surface area contributed by atoms with Crippen molar-refractivity contribution in [2.75, 3.05) is 18.0 Å². The van der Waals surface area contributed by atoms with Gasteiger partial charge in [0.2, 0.25) is 5.91 Å². The van der Waals surface area contributed by atoms with Crippen LogP contribution in [0.25, 0.3) is 17.1 Å². The number of halogens is 3. The molecule has 0 bridgehead atoms. The molecule has 1 saturated heterocycles. The van der Waals surface area contributed by atoms with Crippen LogP contribution in [0.2, 0.25) is 10.0 Å². The molecule has 0 radical (unpaired) electrons. The fourth-order valence-corrected chi connectivity index (χ4v) is 4.35. The second-order valence-corrected chi connectivity index (χ2v) is 9.46. The van der Waals surface area contributed by atoms with Crippen molar-refractivity contribution in [3.05, 3.63) is 74.7 Å². The van der Waals surface area contributed by atoms with Gasteiger partial charge in [-0.1, -0.05) is 49.2 Å². The third-order valence-electron chi connectivity index (χ3n) is 5.86. The number of benzene rings is 2. The van der Waals surface area contributed by atoms with Gasteiger partial charge in [0, 0.05) is 41.7 Å². The van der Waals surface area contributed by atoms with E-state index in [9.17, 15) is 14.0 Å². The molecule has 3 aromatic rings. The van der Waals surface area contributed by atoms with Crippen LogP contribution in [0.3, 0.4) is 0 Å². The molecule has 9 heteroatoms. The summed E-state index contributed by atoms with van der Waals surface area (Å²) in [4.78, 5) is 32.1. The van der Waals surface area contributed by atoms with E-state index in [1.165, 1.54) is 22.8 Å². The van der Waals surface area contributed by atoms with E-state index in [4.69, 9.17) is 28.2 Å². The van der Waals surface area contributed by atoms with Crippen LogP contribution < -0.4 is 15.8 Å². The zero-order chi connectivity index (χ0) is 24.4. The minimum Gasteiger partial charge on any atom is -0.356 e. The Kier molecular flexibility index (Phi) is 7.24. The number of nitrogens with zero attached hydrogens (tertiary/aromatic N) is 3. The summed E-state index contributed by atoms with van der Waals surface area (Å²) < 4.78 is 16.0. The van der Waals surface area contributed by atoms with Crippen molar-refractivity contribution >= 4 is 34.9 Å². The van der Waals surface area contributed by atoms with Crippen molar-refractivity contribution in [3.8, 4) is 17.1 Å². The third-order valence-corrected chi connectivity index (χ3v) is 6.43. The number of piperidine rings is 1. The maximum atomic E-state index is 14.8. The van der Waals surface area contributed by atoms with Crippen LogP contribution in [-0.4, -0.2) is 34.6 Å². The Morgan fingerprint density at radius 3 is 2.47 bits per heavy atom. The van der Waals surface area contributed by atoms with Crippen molar-refractivity contribution in [3.63, 3.8) is 0 Å². The minimum absolute atomic E-state index is 0.0326. The Labute approximate surface area is 207 Å². The van der Waals surface area contributed by atoms with Crippen molar-refractivity contribution < 1.29 is 9.18 Å². The molecule has 2 aromatic carbocycles. The van der Waals surface area contributed by atoms with Gasteiger partial charge in [0.25, 0.3) is 5.56 Å². The smallest absolute Gasteiger partial charge is 0.260 e. The van der Waals surface area contributed by atoms with Gasteiger partial charge in [-0.15, -0.1) is 0 Å². The lowest BCUT2D eigenvalue weighted by Gasteiger charge is -2.33. The summed E-state index contributed by atoms with van der Waals surface area (Å²) in [6.45, 7) is 4.97. The number of nitrogens with one attached hydrogen (secondary N) is 1. The maximum Gasteiger partial charge on any atom is 0.260 e. The summed E-state index contributed by atoms with van der Waals surface area (Å²) in [6.07, 6.45) is 1.47. The third kappa shape index (κ3) is 5.10. The second kappa shape index (κ2) is 10.2. The number of hydrogen-bond donors (Lipinski definition) is 1. The topological polar surface area (TPSA) is 67.2 Å². The average molecular weight is 503 g/mol. The van der Waals surface area contributed by atoms with Gasteiger partial charge in [-0.05, 0) is 43.2 Å². The van der Waals surface area contributed by atoms with Gasteiger partial charge in [0.15, 0.2) is 5.82 Å². The largest absolute Gasteiger partial charge is 0.356 e. The lowest BCUT2D eigenvalue weighted by atomic mass is 10.0. The van der Waals surface area contributed by atoms with Crippen LogP contribution in [0.4, 0.5) is 10.2 Å². The molecule has 178 valence electrons. The number of anilines is 1. The highest BCUT2D eigenvalue weighted by Gasteiger charge is 2.25. The predicted molar refractivity (Wildman–Crippen MR) is 133 cm³/mol. The maximum absolute atomic E-state index is 14.8. The van der Waals surface area contributed by atoms with E-state index < -0.39 is 11.4 Å². The van der Waals surface area contributed by atoms with E-state index in [1.807, 2.05) is 18.7 Å². The Hall–Kier alpha value is -2.90. The fraction of sp³-hybridized carbons (Fsp3) is 0.320. The normalized spacial score (nSPS) is 14.5. The molecule has 0 unspecified atom stereocenters. The molecule has 0 spiro atoms. The zero-order valence-corrected chi connectivity index (χ0v) is 20.4. The molecule has 0 aliphatic carbocycles. The Balaban J connectivity index is 1.72. The van der Waals surface area contributed by atoms with E-state index in [2.05, 4.69) is 5.32 Å². The van der Waals surface area contributed by atoms with Crippen LogP contribution in [-0.2, 0) is 4.79 Å². The molecule has 2 heterocycles. The molecule has 1 fully saturated rings. The molecule has 1 aliphatic rings. The van der Waals surface area contributed by atoms with Crippen LogP contribution in [0, 0.1) is 11.7 Å². The lowest BCUT2D eigenvalue weighted by Crippen LogP contribution is -2.46. The number of rotatable bonds is 5. The Morgan fingerprint density at radius 1 is 1.12 bits per heavy atom. The van der Waals surface area contributed by atoms with Crippen LogP contribution in [0.1, 0.15) is 26.7 Å². The van der Waals surface area contributed by atoms with Gasteiger partial charge >= 0.3 is 0 Å². The van der Waals surface area contributed by atoms with E-state index in [0.29, 0.717) is 29.5 Å². The first-order valence-corrected chi connectivity index (χ1v) is 11.9. The van der Waals surface area contributed by atoms with Gasteiger partial charge in [0.05, 0.1) is 10.7 Å². The lowest BCUT2D eigenvalue weighted by molar-refractivity contribution is -0.124. The number of carbonyl (C=O) groups is 1. The van der Waals surface area contributed by atoms with Gasteiger partial charge in [-0.3, -0.25) is 14.2 Å². The van der Waals surface area contributed by atoms with Crippen molar-refractivity contribution in [1.82, 2.24) is 14.9 Å². The summed E-state index contributed by atoms with van der Waals surface area (Å²) in [5, 5.41) is 3.69. The van der Waals surface area contributed by atoms with Crippen molar-refractivity contribution in [1.29, 1.82) is 0 Å². The highest BCUT2D eigenvalue weighted by Crippen LogP contribution is 2.30. The van der Waals surface area contributed by atoms with Crippen LogP contribution in [0.5, 0.6) is 0 Å². The number of amides is 1. The number of hydrogen-bond acceptors (Lipinski definition) is 4. The van der Waals surface area contributed by atoms with E-state index >= 15 is 0 Å². The molecule has 0 saturated carbocycles. The quantitative estimate of drug-likeness (QED) is 0.527. The predicted octanol–water partition coefficient (Wildman–Crippen LogP) is 5.09. The molecule has 4 rings (SSSR count). The van der Waals surface area contributed by atoms with Gasteiger partial charge in [-0.2, -0.15) is 0 Å². The molecule has 1 aliphatic heterocycles. The SMILES string of the molecule is CC(C)C(=O)NC1CCN(c2cc(=O)n(-c3ccc(Cl)cc3F)c(-c3ccccc3Cl)n2)CC1. The summed E-state index contributed by atoms with van der Waals surface area (Å²) in [6, 6.07) is 12.6. The first kappa shape index (κ1) is 24.2. The summed E-state index contributed by atoms with van der Waals surface area (Å²) in [5.74, 6) is 0.0480. The minimum atomic E-state index is -0.640. The monoisotopic (exact) mass is 502 g/mol. The average Bonchev–Trinajstić information content (AvgIpc) is 2.80. The van der Waals surface area contributed by atoms with Crippen molar-refractivity contribution in [2.24, 2.45) is 5.92 Å². The molecule has 6 nitrogen and oxygen atoms in total. The zero-order valence-electron chi connectivity index (χ0n) is 18.9. The van der Waals surface area contributed by atoms with Gasteiger partial charge in [-0.25, -0.2) is 9.37 Å². The highest BCUT2D eigenvalue weighted by molar-refractivity contribution is 6.33. The molecule has 0 atom stereocenters. The molecular weight excluding hydrogens is 478 g/mol. The number of aromatic nitrogens is 2. The van der Waals surface area contributed by atoms with Crippen LogP contribution in [0.15, 0.2) is 53.3 Å². The van der Waals surface area contributed by atoms with E-state index in [1.54, 1.807) is 24.3 Å². The first-order valence-electron chi connectivity index (χ1n) is 11.1. The summed E-state index contributed by atoms with van der Waals surface area (Å²) in [7, 11) is 0. The molecular formula is C25H25Cl2FN4O2. The number of carbonyl (C=O) groups excluding carboxylic acids is 1. The summed E-state index contributed by atoms with van der Waals surface area (Å²) in [5.41, 5.74) is 0.117. The molecule has 34 heavy (non-hydrogen) atoms. The molecule has 1 amide bonds. The van der Waals surface area contributed by atoms with E-state index in [0.717, 1.165) is 18.9 Å². The molecule has 1 aromatic heterocycles.